The van der Waals surface area contributed by atoms with E-state index in [0.717, 1.165) is 11.3 Å². The van der Waals surface area contributed by atoms with E-state index in [1.54, 1.807) is 37.0 Å². The molecular formula is C14H19N3O2S. The van der Waals surface area contributed by atoms with Crippen molar-refractivity contribution < 1.29 is 8.42 Å². The maximum Gasteiger partial charge on any atom is 0.265 e. The van der Waals surface area contributed by atoms with Crippen LogP contribution in [0.25, 0.3) is 0 Å². The van der Waals surface area contributed by atoms with Gasteiger partial charge in [-0.25, -0.2) is 8.42 Å². The lowest BCUT2D eigenvalue weighted by atomic mass is 10.2. The summed E-state index contributed by atoms with van der Waals surface area (Å²) in [6.07, 6.45) is 1.59. The van der Waals surface area contributed by atoms with Crippen molar-refractivity contribution in [2.45, 2.75) is 18.4 Å². The van der Waals surface area contributed by atoms with Gasteiger partial charge in [0.15, 0.2) is 0 Å². The van der Waals surface area contributed by atoms with Gasteiger partial charge in [0.1, 0.15) is 4.90 Å². The van der Waals surface area contributed by atoms with Crippen molar-refractivity contribution in [2.24, 2.45) is 12.8 Å². The zero-order valence-corrected chi connectivity index (χ0v) is 12.7. The van der Waals surface area contributed by atoms with E-state index in [1.165, 1.54) is 4.31 Å². The fourth-order valence-electron chi connectivity index (χ4n) is 2.13. The summed E-state index contributed by atoms with van der Waals surface area (Å²) < 4.78 is 28.3. The molecule has 0 bridgehead atoms. The quantitative estimate of drug-likeness (QED) is 0.931. The molecule has 0 aliphatic carbocycles. The van der Waals surface area contributed by atoms with Crippen LogP contribution in [0.15, 0.2) is 41.4 Å². The van der Waals surface area contributed by atoms with Crippen LogP contribution >= 0.6 is 0 Å². The molecule has 0 spiro atoms. The minimum absolute atomic E-state index is 0.256. The number of rotatable bonds is 4. The molecule has 0 unspecified atom stereocenters. The average molecular weight is 293 g/mol. The number of benzene rings is 1. The smallest absolute Gasteiger partial charge is 0.265 e. The Morgan fingerprint density at radius 1 is 1.30 bits per heavy atom. The van der Waals surface area contributed by atoms with Crippen LogP contribution in [0.3, 0.4) is 0 Å². The molecule has 0 saturated carbocycles. The SMILES string of the molecule is Cc1ccccc1N(C)S(=O)(=O)c1cc(CN)n(C)c1. The average Bonchev–Trinajstić information content (AvgIpc) is 2.80. The van der Waals surface area contributed by atoms with Crippen molar-refractivity contribution in [2.75, 3.05) is 11.4 Å². The second-order valence-corrected chi connectivity index (χ2v) is 6.71. The Labute approximate surface area is 119 Å². The van der Waals surface area contributed by atoms with Gasteiger partial charge in [-0.1, -0.05) is 18.2 Å². The highest BCUT2D eigenvalue weighted by Gasteiger charge is 2.24. The van der Waals surface area contributed by atoms with E-state index < -0.39 is 10.0 Å². The first-order valence-corrected chi connectivity index (χ1v) is 7.72. The van der Waals surface area contributed by atoms with Gasteiger partial charge < -0.3 is 10.3 Å². The lowest BCUT2D eigenvalue weighted by molar-refractivity contribution is 0.594. The Bertz CT molecular complexity index is 720. The standard InChI is InChI=1S/C14H19N3O2S/c1-11-6-4-5-7-14(11)17(3)20(18,19)13-8-12(9-15)16(2)10-13/h4-8,10H,9,15H2,1-3H3. The predicted molar refractivity (Wildman–Crippen MR) is 80.1 cm³/mol. The highest BCUT2D eigenvalue weighted by molar-refractivity contribution is 7.92. The first-order chi connectivity index (χ1) is 9.37. The fourth-order valence-corrected chi connectivity index (χ4v) is 3.48. The van der Waals surface area contributed by atoms with Gasteiger partial charge in [-0.3, -0.25) is 4.31 Å². The van der Waals surface area contributed by atoms with Crippen LogP contribution in [-0.2, 0) is 23.6 Å². The fraction of sp³-hybridized carbons (Fsp3) is 0.286. The Balaban J connectivity index is 2.47. The van der Waals surface area contributed by atoms with Gasteiger partial charge in [0.25, 0.3) is 10.0 Å². The number of aromatic nitrogens is 1. The molecule has 2 rings (SSSR count). The van der Waals surface area contributed by atoms with Crippen molar-refractivity contribution in [1.29, 1.82) is 0 Å². The highest BCUT2D eigenvalue weighted by atomic mass is 32.2. The van der Waals surface area contributed by atoms with Crippen LogP contribution < -0.4 is 10.0 Å². The number of anilines is 1. The summed E-state index contributed by atoms with van der Waals surface area (Å²) in [4.78, 5) is 0.256. The van der Waals surface area contributed by atoms with E-state index >= 15 is 0 Å². The van der Waals surface area contributed by atoms with E-state index in [9.17, 15) is 8.42 Å². The number of nitrogens with two attached hydrogens (primary N) is 1. The Morgan fingerprint density at radius 2 is 1.95 bits per heavy atom. The zero-order valence-electron chi connectivity index (χ0n) is 11.9. The van der Waals surface area contributed by atoms with Crippen LogP contribution in [0.5, 0.6) is 0 Å². The number of nitrogens with zero attached hydrogens (tertiary/aromatic N) is 2. The maximum absolute atomic E-state index is 12.6. The highest BCUT2D eigenvalue weighted by Crippen LogP contribution is 2.25. The number of aryl methyl sites for hydroxylation is 2. The number of para-hydroxylation sites is 1. The van der Waals surface area contributed by atoms with E-state index in [-0.39, 0.29) is 4.90 Å². The zero-order chi connectivity index (χ0) is 14.9. The molecule has 1 aromatic heterocycles. The van der Waals surface area contributed by atoms with Crippen molar-refractivity contribution in [3.63, 3.8) is 0 Å². The van der Waals surface area contributed by atoms with Crippen molar-refractivity contribution in [3.05, 3.63) is 47.8 Å². The van der Waals surface area contributed by atoms with Crippen molar-refractivity contribution >= 4 is 15.7 Å². The second kappa shape index (κ2) is 5.30. The Kier molecular flexibility index (Phi) is 3.87. The Morgan fingerprint density at radius 3 is 2.50 bits per heavy atom. The third kappa shape index (κ3) is 2.44. The minimum atomic E-state index is -3.57. The summed E-state index contributed by atoms with van der Waals surface area (Å²) in [7, 11) is -0.220. The van der Waals surface area contributed by atoms with Gasteiger partial charge in [-0.05, 0) is 24.6 Å². The maximum atomic E-state index is 12.6. The summed E-state index contributed by atoms with van der Waals surface area (Å²) in [5, 5.41) is 0. The lowest BCUT2D eigenvalue weighted by Gasteiger charge is -2.20. The summed E-state index contributed by atoms with van der Waals surface area (Å²) >= 11 is 0. The molecule has 0 aliphatic rings. The Hall–Kier alpha value is -1.79. The van der Waals surface area contributed by atoms with E-state index in [1.807, 2.05) is 25.1 Å². The number of hydrogen-bond acceptors (Lipinski definition) is 3. The van der Waals surface area contributed by atoms with Gasteiger partial charge in [-0.15, -0.1) is 0 Å². The molecule has 0 saturated heterocycles. The molecular weight excluding hydrogens is 274 g/mol. The molecule has 0 atom stereocenters. The van der Waals surface area contributed by atoms with Crippen molar-refractivity contribution in [1.82, 2.24) is 4.57 Å². The molecule has 5 nitrogen and oxygen atoms in total. The van der Waals surface area contributed by atoms with Gasteiger partial charge in [0.05, 0.1) is 5.69 Å². The molecule has 0 fully saturated rings. The number of hydrogen-bond donors (Lipinski definition) is 1. The summed E-state index contributed by atoms with van der Waals surface area (Å²) in [6.45, 7) is 2.19. The molecule has 2 aromatic rings. The van der Waals surface area contributed by atoms with Crippen LogP contribution in [0, 0.1) is 6.92 Å². The van der Waals surface area contributed by atoms with Gasteiger partial charge in [0, 0.05) is 32.5 Å². The summed E-state index contributed by atoms with van der Waals surface area (Å²) in [6, 6.07) is 9.00. The van der Waals surface area contributed by atoms with Crippen LogP contribution in [0.4, 0.5) is 5.69 Å². The molecule has 1 heterocycles. The topological polar surface area (TPSA) is 68.3 Å². The normalized spacial score (nSPS) is 11.6. The van der Waals surface area contributed by atoms with Gasteiger partial charge >= 0.3 is 0 Å². The molecule has 20 heavy (non-hydrogen) atoms. The molecule has 0 aliphatic heterocycles. The van der Waals surface area contributed by atoms with Crippen LogP contribution in [0.2, 0.25) is 0 Å². The molecule has 108 valence electrons. The van der Waals surface area contributed by atoms with Crippen LogP contribution in [0.1, 0.15) is 11.3 Å². The van der Waals surface area contributed by atoms with E-state index in [2.05, 4.69) is 0 Å². The largest absolute Gasteiger partial charge is 0.352 e. The number of sulfonamides is 1. The van der Waals surface area contributed by atoms with E-state index in [4.69, 9.17) is 5.73 Å². The molecule has 1 aromatic carbocycles. The third-order valence-electron chi connectivity index (χ3n) is 3.41. The first-order valence-electron chi connectivity index (χ1n) is 6.28. The third-order valence-corrected chi connectivity index (χ3v) is 5.14. The minimum Gasteiger partial charge on any atom is -0.352 e. The van der Waals surface area contributed by atoms with Gasteiger partial charge in [-0.2, -0.15) is 0 Å². The molecule has 2 N–H and O–H groups in total. The second-order valence-electron chi connectivity index (χ2n) is 4.74. The summed E-state index contributed by atoms with van der Waals surface area (Å²) in [5.74, 6) is 0. The van der Waals surface area contributed by atoms with Crippen LogP contribution in [-0.4, -0.2) is 20.0 Å². The lowest BCUT2D eigenvalue weighted by Crippen LogP contribution is -2.26. The molecule has 6 heteroatoms. The molecule has 0 radical (unpaired) electrons. The molecule has 0 amide bonds. The monoisotopic (exact) mass is 293 g/mol. The summed E-state index contributed by atoms with van der Waals surface area (Å²) in [5.41, 5.74) is 7.95. The first kappa shape index (κ1) is 14.6. The van der Waals surface area contributed by atoms with Crippen molar-refractivity contribution in [3.8, 4) is 0 Å². The predicted octanol–water partition coefficient (Wildman–Crippen LogP) is 1.62. The van der Waals surface area contributed by atoms with E-state index in [0.29, 0.717) is 12.2 Å². The van der Waals surface area contributed by atoms with Gasteiger partial charge in [0.2, 0.25) is 0 Å².